The molecule has 0 spiro atoms. The third-order valence-corrected chi connectivity index (χ3v) is 7.46. The molecule has 3 rings (SSSR count). The second-order valence-corrected chi connectivity index (χ2v) is 9.82. The van der Waals surface area contributed by atoms with E-state index in [1.54, 1.807) is 11.9 Å². The van der Waals surface area contributed by atoms with E-state index >= 15 is 0 Å². The minimum Gasteiger partial charge on any atom is -0.492 e. The van der Waals surface area contributed by atoms with Crippen molar-refractivity contribution >= 4 is 5.91 Å². The van der Waals surface area contributed by atoms with Crippen LogP contribution in [0.5, 0.6) is 5.75 Å². The van der Waals surface area contributed by atoms with Crippen LogP contribution in [0.15, 0.2) is 55.1 Å². The number of rotatable bonds is 12. The molecule has 0 heterocycles. The molecule has 0 unspecified atom stereocenters. The monoisotopic (exact) mass is 461 g/mol. The lowest BCUT2D eigenvalue weighted by Gasteiger charge is -2.29. The van der Waals surface area contributed by atoms with Gasteiger partial charge < -0.3 is 9.64 Å². The summed E-state index contributed by atoms with van der Waals surface area (Å²) in [5.41, 5.74) is 5.34. The summed E-state index contributed by atoms with van der Waals surface area (Å²) in [4.78, 5) is 13.2. The molecule has 0 N–H and O–H groups in total. The predicted molar refractivity (Wildman–Crippen MR) is 143 cm³/mol. The largest absolute Gasteiger partial charge is 0.492 e. The van der Waals surface area contributed by atoms with Crippen molar-refractivity contribution in [1.82, 2.24) is 4.90 Å². The summed E-state index contributed by atoms with van der Waals surface area (Å²) in [6, 6.07) is 15.7. The molecule has 1 aliphatic carbocycles. The number of aryl methyl sites for hydroxylation is 1. The van der Waals surface area contributed by atoms with Gasteiger partial charge in [-0.15, -0.1) is 0 Å². The van der Waals surface area contributed by atoms with Crippen LogP contribution < -0.4 is 4.74 Å². The van der Waals surface area contributed by atoms with Crippen LogP contribution in [0.25, 0.3) is 11.1 Å². The van der Waals surface area contributed by atoms with Crippen molar-refractivity contribution in [3.63, 3.8) is 0 Å². The van der Waals surface area contributed by atoms with Gasteiger partial charge in [0.25, 0.3) is 0 Å². The molecule has 0 radical (unpaired) electrons. The van der Waals surface area contributed by atoms with Crippen molar-refractivity contribution in [3.8, 4) is 16.9 Å². The summed E-state index contributed by atoms with van der Waals surface area (Å²) in [5.74, 6) is 2.45. The zero-order chi connectivity index (χ0) is 24.3. The molecule has 0 bridgehead atoms. The highest BCUT2D eigenvalue weighted by Crippen LogP contribution is 2.38. The first-order chi connectivity index (χ1) is 16.5. The Labute approximate surface area is 207 Å². The predicted octanol–water partition coefficient (Wildman–Crippen LogP) is 7.79. The fraction of sp³-hybridized carbons (Fsp3) is 0.516. The normalized spacial score (nSPS) is 17.9. The van der Waals surface area contributed by atoms with E-state index in [9.17, 15) is 4.79 Å². The number of unbranched alkanes of at least 4 members (excludes halogenated alkanes) is 2. The lowest BCUT2D eigenvalue weighted by atomic mass is 9.77. The Morgan fingerprint density at radius 1 is 1.06 bits per heavy atom. The molecule has 184 valence electrons. The van der Waals surface area contributed by atoms with Crippen LogP contribution in [-0.2, 0) is 11.2 Å². The van der Waals surface area contributed by atoms with Gasteiger partial charge in [-0.05, 0) is 84.4 Å². The Balaban J connectivity index is 1.57. The first-order valence-corrected chi connectivity index (χ1v) is 13.3. The second-order valence-electron chi connectivity index (χ2n) is 9.82. The van der Waals surface area contributed by atoms with Gasteiger partial charge in [-0.2, -0.15) is 0 Å². The van der Waals surface area contributed by atoms with Gasteiger partial charge in [0, 0.05) is 7.05 Å². The molecule has 0 atom stereocenters. The molecule has 1 fully saturated rings. The summed E-state index contributed by atoms with van der Waals surface area (Å²) in [5, 5.41) is 0. The van der Waals surface area contributed by atoms with Crippen LogP contribution >= 0.6 is 0 Å². The Morgan fingerprint density at radius 3 is 2.44 bits per heavy atom. The average Bonchev–Trinajstić information content (AvgIpc) is 2.88. The van der Waals surface area contributed by atoms with Crippen molar-refractivity contribution in [3.05, 3.63) is 66.2 Å². The van der Waals surface area contributed by atoms with E-state index in [-0.39, 0.29) is 5.91 Å². The summed E-state index contributed by atoms with van der Waals surface area (Å²) in [6.45, 7) is 9.01. The second kappa shape index (κ2) is 13.4. The molecular formula is C31H43NO2. The van der Waals surface area contributed by atoms with Crippen molar-refractivity contribution < 1.29 is 9.53 Å². The van der Waals surface area contributed by atoms with Gasteiger partial charge in [0.2, 0.25) is 5.91 Å². The first-order valence-electron chi connectivity index (χ1n) is 13.3. The minimum atomic E-state index is -0.0864. The van der Waals surface area contributed by atoms with Gasteiger partial charge in [-0.1, -0.05) is 76.4 Å². The molecule has 3 nitrogen and oxygen atoms in total. The van der Waals surface area contributed by atoms with E-state index in [0.717, 1.165) is 24.0 Å². The number of nitrogens with zero attached hydrogens (tertiary/aromatic N) is 1. The highest BCUT2D eigenvalue weighted by atomic mass is 16.5. The smallest absolute Gasteiger partial charge is 0.245 e. The van der Waals surface area contributed by atoms with Crippen molar-refractivity contribution in [2.24, 2.45) is 5.92 Å². The molecule has 0 aromatic heterocycles. The highest BCUT2D eigenvalue weighted by Gasteiger charge is 2.22. The quantitative estimate of drug-likeness (QED) is 0.238. The highest BCUT2D eigenvalue weighted by molar-refractivity contribution is 5.86. The molecule has 1 saturated carbocycles. The molecule has 1 aliphatic rings. The first kappa shape index (κ1) is 26.1. The molecule has 1 amide bonds. The van der Waals surface area contributed by atoms with Gasteiger partial charge >= 0.3 is 0 Å². The van der Waals surface area contributed by atoms with E-state index in [4.69, 9.17) is 4.74 Å². The number of benzene rings is 2. The molecule has 2 aromatic rings. The Morgan fingerprint density at radius 2 is 1.79 bits per heavy atom. The van der Waals surface area contributed by atoms with Gasteiger partial charge in [0.15, 0.2) is 0 Å². The summed E-state index contributed by atoms with van der Waals surface area (Å²) in [7, 11) is 1.76. The van der Waals surface area contributed by atoms with Crippen LogP contribution in [0.4, 0.5) is 0 Å². The summed E-state index contributed by atoms with van der Waals surface area (Å²) < 4.78 is 5.91. The Bertz CT molecular complexity index is 910. The zero-order valence-electron chi connectivity index (χ0n) is 21.5. The topological polar surface area (TPSA) is 29.5 Å². The van der Waals surface area contributed by atoms with E-state index < -0.39 is 0 Å². The lowest BCUT2D eigenvalue weighted by molar-refractivity contribution is -0.125. The minimum absolute atomic E-state index is 0.0864. The van der Waals surface area contributed by atoms with E-state index in [1.807, 2.05) is 6.07 Å². The van der Waals surface area contributed by atoms with Crippen LogP contribution in [-0.4, -0.2) is 31.0 Å². The lowest BCUT2D eigenvalue weighted by Crippen LogP contribution is -2.29. The fourth-order valence-corrected chi connectivity index (χ4v) is 5.20. The number of hydrogen-bond acceptors (Lipinski definition) is 2. The maximum absolute atomic E-state index is 11.6. The van der Waals surface area contributed by atoms with E-state index in [2.05, 4.69) is 56.8 Å². The zero-order valence-corrected chi connectivity index (χ0v) is 21.5. The standard InChI is InChI=1S/C31H43NO2/c1-5-8-9-10-24-11-13-26(14-12-24)27-15-17-28(18-16-27)30-20-19-29(23-25(30)6-2)34-22-21-32(4)31(33)7-3/h7,15-20,23-24,26H,3,5-6,8-14,21-22H2,1-2,4H3. The van der Waals surface area contributed by atoms with Gasteiger partial charge in [0.1, 0.15) is 12.4 Å². The maximum atomic E-state index is 11.6. The van der Waals surface area contributed by atoms with Gasteiger partial charge in [-0.3, -0.25) is 4.79 Å². The fourth-order valence-electron chi connectivity index (χ4n) is 5.20. The third-order valence-electron chi connectivity index (χ3n) is 7.46. The number of likely N-dealkylation sites (N-methyl/N-ethyl adjacent to an activating group) is 1. The van der Waals surface area contributed by atoms with Crippen molar-refractivity contribution in [2.45, 2.75) is 77.6 Å². The van der Waals surface area contributed by atoms with Crippen molar-refractivity contribution in [2.75, 3.05) is 20.2 Å². The Kier molecular flexibility index (Phi) is 10.2. The number of ether oxygens (including phenoxy) is 1. The molecule has 34 heavy (non-hydrogen) atoms. The molecule has 0 aliphatic heterocycles. The number of carbonyl (C=O) groups excluding carboxylic acids is 1. The van der Waals surface area contributed by atoms with E-state index in [0.29, 0.717) is 13.2 Å². The summed E-state index contributed by atoms with van der Waals surface area (Å²) >= 11 is 0. The Hall–Kier alpha value is -2.55. The van der Waals surface area contributed by atoms with Gasteiger partial charge in [-0.25, -0.2) is 0 Å². The van der Waals surface area contributed by atoms with Gasteiger partial charge in [0.05, 0.1) is 6.54 Å². The number of amides is 1. The van der Waals surface area contributed by atoms with Crippen LogP contribution in [0, 0.1) is 5.92 Å². The van der Waals surface area contributed by atoms with Crippen LogP contribution in [0.2, 0.25) is 0 Å². The average molecular weight is 462 g/mol. The van der Waals surface area contributed by atoms with Crippen LogP contribution in [0.1, 0.15) is 82.3 Å². The number of carbonyl (C=O) groups is 1. The maximum Gasteiger partial charge on any atom is 0.245 e. The summed E-state index contributed by atoms with van der Waals surface area (Å²) in [6.07, 6.45) is 13.3. The van der Waals surface area contributed by atoms with Crippen LogP contribution in [0.3, 0.4) is 0 Å². The van der Waals surface area contributed by atoms with Crippen molar-refractivity contribution in [1.29, 1.82) is 0 Å². The molecular weight excluding hydrogens is 418 g/mol. The molecule has 2 aromatic carbocycles. The molecule has 3 heteroatoms. The molecule has 0 saturated heterocycles. The van der Waals surface area contributed by atoms with E-state index in [1.165, 1.54) is 79.7 Å². The number of hydrogen-bond donors (Lipinski definition) is 0. The third kappa shape index (κ3) is 7.22. The SMILES string of the molecule is C=CC(=O)N(C)CCOc1ccc(-c2ccc(C3CCC(CCCCC)CC3)cc2)c(CC)c1.